The van der Waals surface area contributed by atoms with E-state index in [9.17, 15) is 14.7 Å². The lowest BCUT2D eigenvalue weighted by Gasteiger charge is -2.39. The second-order valence-electron chi connectivity index (χ2n) is 7.48. The quantitative estimate of drug-likeness (QED) is 0.414. The van der Waals surface area contributed by atoms with Crippen LogP contribution < -0.4 is 10.4 Å². The van der Waals surface area contributed by atoms with Gasteiger partial charge in [0, 0.05) is 35.6 Å². The predicted molar refractivity (Wildman–Crippen MR) is 108 cm³/mol. The summed E-state index contributed by atoms with van der Waals surface area (Å²) in [6.07, 6.45) is 2.76. The van der Waals surface area contributed by atoms with Gasteiger partial charge in [-0.1, -0.05) is 18.2 Å². The molecule has 4 rings (SSSR count). The normalized spacial score (nSPS) is 17.7. The van der Waals surface area contributed by atoms with Crippen LogP contribution in [0.2, 0.25) is 0 Å². The van der Waals surface area contributed by atoms with Crippen molar-refractivity contribution in [2.24, 2.45) is 0 Å². The van der Waals surface area contributed by atoms with Gasteiger partial charge in [-0.3, -0.25) is 0 Å². The number of para-hydroxylation sites is 1. The molecule has 6 heteroatoms. The van der Waals surface area contributed by atoms with Gasteiger partial charge in [-0.25, -0.2) is 9.59 Å². The van der Waals surface area contributed by atoms with Crippen LogP contribution >= 0.6 is 0 Å². The number of fused-ring (bicyclic) bond motifs is 2. The van der Waals surface area contributed by atoms with Crippen LogP contribution in [0, 0.1) is 0 Å². The fourth-order valence-electron chi connectivity index (χ4n) is 3.34. The summed E-state index contributed by atoms with van der Waals surface area (Å²) in [7, 11) is 0. The molecule has 1 aromatic heterocycles. The molecule has 148 valence electrons. The highest BCUT2D eigenvalue weighted by Gasteiger charge is 2.39. The number of hydrogen-bond donors (Lipinski definition) is 1. The van der Waals surface area contributed by atoms with Gasteiger partial charge in [0.1, 0.15) is 28.8 Å². The average molecular weight is 392 g/mol. The van der Waals surface area contributed by atoms with E-state index in [4.69, 9.17) is 13.9 Å². The molecule has 0 radical (unpaired) electrons. The Kier molecular flexibility index (Phi) is 4.62. The number of phenolic OH excluding ortho intramolecular Hbond substituents is 1. The van der Waals surface area contributed by atoms with Crippen molar-refractivity contribution >= 4 is 23.0 Å². The lowest BCUT2D eigenvalue weighted by molar-refractivity contribution is -0.155. The Morgan fingerprint density at radius 1 is 1.21 bits per heavy atom. The van der Waals surface area contributed by atoms with E-state index in [0.29, 0.717) is 23.3 Å². The Morgan fingerprint density at radius 2 is 2.00 bits per heavy atom. The van der Waals surface area contributed by atoms with Crippen LogP contribution in [0.1, 0.15) is 25.0 Å². The van der Waals surface area contributed by atoms with Crippen molar-refractivity contribution in [2.45, 2.75) is 32.0 Å². The number of phenols is 1. The highest BCUT2D eigenvalue weighted by atomic mass is 16.6. The zero-order valence-corrected chi connectivity index (χ0v) is 16.0. The molecular formula is C23H20O6. The summed E-state index contributed by atoms with van der Waals surface area (Å²) in [5.74, 6) is 0.171. The van der Waals surface area contributed by atoms with Gasteiger partial charge in [0.2, 0.25) is 0 Å². The maximum Gasteiger partial charge on any atom is 0.336 e. The molecule has 0 amide bonds. The zero-order valence-electron chi connectivity index (χ0n) is 16.0. The molecule has 0 saturated carbocycles. The topological polar surface area (TPSA) is 86.0 Å². The molecule has 0 fully saturated rings. The molecule has 2 aromatic carbocycles. The molecule has 0 aliphatic carbocycles. The van der Waals surface area contributed by atoms with Gasteiger partial charge in [-0.2, -0.15) is 0 Å². The van der Waals surface area contributed by atoms with Crippen LogP contribution in [0.25, 0.3) is 17.0 Å². The molecule has 0 spiro atoms. The Hall–Kier alpha value is -3.54. The molecule has 29 heavy (non-hydrogen) atoms. The van der Waals surface area contributed by atoms with Crippen molar-refractivity contribution in [3.05, 3.63) is 76.2 Å². The van der Waals surface area contributed by atoms with E-state index in [1.54, 1.807) is 36.4 Å². The van der Waals surface area contributed by atoms with Gasteiger partial charge < -0.3 is 19.0 Å². The van der Waals surface area contributed by atoms with E-state index in [2.05, 4.69) is 0 Å². The lowest BCUT2D eigenvalue weighted by atomic mass is 9.90. The first-order valence-electron chi connectivity index (χ1n) is 9.24. The lowest BCUT2D eigenvalue weighted by Crippen LogP contribution is -2.48. The predicted octanol–water partition coefficient (Wildman–Crippen LogP) is 3.84. The minimum atomic E-state index is -0.770. The average Bonchev–Trinajstić information content (AvgIpc) is 2.66. The van der Waals surface area contributed by atoms with Crippen LogP contribution in [-0.4, -0.2) is 22.8 Å². The summed E-state index contributed by atoms with van der Waals surface area (Å²) in [6, 6.07) is 13.4. The van der Waals surface area contributed by atoms with Crippen LogP contribution in [0.3, 0.4) is 0 Å². The van der Waals surface area contributed by atoms with Gasteiger partial charge in [-0.05, 0) is 43.7 Å². The SMILES string of the molecule is CC1(C)Oc2cc3oc(=O)ccc3cc2CC1OC(=O)/C=C/c1ccccc1O. The second kappa shape index (κ2) is 7.13. The van der Waals surface area contributed by atoms with Gasteiger partial charge in [0.15, 0.2) is 0 Å². The minimum Gasteiger partial charge on any atom is -0.507 e. The Labute approximate surface area is 167 Å². The molecular weight excluding hydrogens is 372 g/mol. The van der Waals surface area contributed by atoms with Gasteiger partial charge in [-0.15, -0.1) is 0 Å². The number of benzene rings is 2. The van der Waals surface area contributed by atoms with Crippen molar-refractivity contribution in [1.82, 2.24) is 0 Å². The number of carbonyl (C=O) groups excluding carboxylic acids is 1. The first kappa shape index (κ1) is 18.8. The summed E-state index contributed by atoms with van der Waals surface area (Å²) in [4.78, 5) is 23.8. The summed E-state index contributed by atoms with van der Waals surface area (Å²) in [5.41, 5.74) is 0.660. The van der Waals surface area contributed by atoms with E-state index in [-0.39, 0.29) is 5.75 Å². The third-order valence-corrected chi connectivity index (χ3v) is 4.95. The fourth-order valence-corrected chi connectivity index (χ4v) is 3.34. The molecule has 3 aromatic rings. The first-order valence-corrected chi connectivity index (χ1v) is 9.24. The van der Waals surface area contributed by atoms with E-state index < -0.39 is 23.3 Å². The van der Waals surface area contributed by atoms with Gasteiger partial charge in [0.05, 0.1) is 0 Å². The van der Waals surface area contributed by atoms with Gasteiger partial charge in [0.25, 0.3) is 0 Å². The summed E-state index contributed by atoms with van der Waals surface area (Å²) in [5, 5.41) is 10.6. The summed E-state index contributed by atoms with van der Waals surface area (Å²) < 4.78 is 16.9. The maximum absolute atomic E-state index is 12.3. The molecule has 1 unspecified atom stereocenters. The summed E-state index contributed by atoms with van der Waals surface area (Å²) >= 11 is 0. The monoisotopic (exact) mass is 392 g/mol. The zero-order chi connectivity index (χ0) is 20.6. The molecule has 1 aliphatic rings. The van der Waals surface area contributed by atoms with Crippen LogP contribution in [0.15, 0.2) is 63.8 Å². The molecule has 1 aliphatic heterocycles. The molecule has 1 atom stereocenters. The largest absolute Gasteiger partial charge is 0.507 e. The van der Waals surface area contributed by atoms with E-state index in [1.807, 2.05) is 19.9 Å². The Morgan fingerprint density at radius 3 is 2.79 bits per heavy atom. The number of hydrogen-bond acceptors (Lipinski definition) is 6. The van der Waals surface area contributed by atoms with Crippen LogP contribution in [-0.2, 0) is 16.0 Å². The molecule has 6 nitrogen and oxygen atoms in total. The molecule has 2 heterocycles. The third-order valence-electron chi connectivity index (χ3n) is 4.95. The maximum atomic E-state index is 12.3. The molecule has 0 bridgehead atoms. The number of aromatic hydroxyl groups is 1. The van der Waals surface area contributed by atoms with Crippen LogP contribution in [0.5, 0.6) is 11.5 Å². The second-order valence-corrected chi connectivity index (χ2v) is 7.48. The minimum absolute atomic E-state index is 0.0883. The third kappa shape index (κ3) is 3.87. The number of ether oxygens (including phenoxy) is 2. The fraction of sp³-hybridized carbons (Fsp3) is 0.217. The first-order chi connectivity index (χ1) is 13.8. The Bertz CT molecular complexity index is 1170. The molecule has 1 N–H and O–H groups in total. The van der Waals surface area contributed by atoms with Crippen molar-refractivity contribution in [2.75, 3.05) is 0 Å². The van der Waals surface area contributed by atoms with E-state index >= 15 is 0 Å². The number of carbonyl (C=O) groups is 1. The summed E-state index contributed by atoms with van der Waals surface area (Å²) in [6.45, 7) is 3.68. The number of esters is 1. The number of rotatable bonds is 3. The van der Waals surface area contributed by atoms with Crippen molar-refractivity contribution in [3.63, 3.8) is 0 Å². The van der Waals surface area contributed by atoms with Crippen molar-refractivity contribution in [1.29, 1.82) is 0 Å². The molecule has 0 saturated heterocycles. The smallest absolute Gasteiger partial charge is 0.336 e. The Balaban J connectivity index is 1.56. The van der Waals surface area contributed by atoms with E-state index in [1.165, 1.54) is 18.2 Å². The van der Waals surface area contributed by atoms with Crippen LogP contribution in [0.4, 0.5) is 0 Å². The van der Waals surface area contributed by atoms with E-state index in [0.717, 1.165) is 10.9 Å². The van der Waals surface area contributed by atoms with Crippen molar-refractivity contribution < 1.29 is 23.8 Å². The van der Waals surface area contributed by atoms with Gasteiger partial charge >= 0.3 is 11.6 Å². The highest BCUT2D eigenvalue weighted by molar-refractivity contribution is 5.88. The van der Waals surface area contributed by atoms with Crippen molar-refractivity contribution in [3.8, 4) is 11.5 Å². The highest BCUT2D eigenvalue weighted by Crippen LogP contribution is 2.37. The standard InChI is InChI=1S/C23H20O6/c1-23(2)20(28-22(26)9-7-14-5-3-4-6-17(14)24)12-16-11-15-8-10-21(25)27-18(15)13-19(16)29-23/h3-11,13,20,24H,12H2,1-2H3/b9-7+.